The van der Waals surface area contributed by atoms with E-state index in [4.69, 9.17) is 5.73 Å². The van der Waals surface area contributed by atoms with E-state index in [2.05, 4.69) is 0 Å². The highest BCUT2D eigenvalue weighted by molar-refractivity contribution is 6.01. The number of benzene rings is 1. The summed E-state index contributed by atoms with van der Waals surface area (Å²) < 4.78 is 0. The molecule has 0 saturated carbocycles. The number of carbonyl (C=O) groups is 1. The van der Waals surface area contributed by atoms with Gasteiger partial charge in [-0.05, 0) is 31.9 Å². The van der Waals surface area contributed by atoms with Crippen molar-refractivity contribution in [2.75, 3.05) is 6.54 Å². The SMILES string of the molecule is CCC(C)(CN)C(=O)c1cc(C)ccc1C. The van der Waals surface area contributed by atoms with E-state index in [1.54, 1.807) is 0 Å². The second kappa shape index (κ2) is 4.79. The third kappa shape index (κ3) is 2.33. The van der Waals surface area contributed by atoms with Crippen LogP contribution in [0.3, 0.4) is 0 Å². The number of ketones is 1. The molecule has 2 N–H and O–H groups in total. The molecule has 16 heavy (non-hydrogen) atoms. The molecule has 0 aliphatic carbocycles. The number of Topliss-reactive ketones (excluding diaryl/α,β-unsaturated/α-hetero) is 1. The molecular formula is C14H21NO. The summed E-state index contributed by atoms with van der Waals surface area (Å²) in [5.74, 6) is 0.165. The molecule has 88 valence electrons. The van der Waals surface area contributed by atoms with Crippen molar-refractivity contribution >= 4 is 5.78 Å². The Morgan fingerprint density at radius 2 is 2.00 bits per heavy atom. The van der Waals surface area contributed by atoms with Gasteiger partial charge in [0.25, 0.3) is 0 Å². The minimum Gasteiger partial charge on any atom is -0.329 e. The largest absolute Gasteiger partial charge is 0.329 e. The molecule has 0 amide bonds. The van der Waals surface area contributed by atoms with Gasteiger partial charge in [-0.25, -0.2) is 0 Å². The second-order valence-corrected chi connectivity index (χ2v) is 4.77. The lowest BCUT2D eigenvalue weighted by Gasteiger charge is -2.25. The normalized spacial score (nSPS) is 14.6. The molecule has 1 aromatic rings. The molecule has 0 saturated heterocycles. The zero-order valence-corrected chi connectivity index (χ0v) is 10.6. The van der Waals surface area contributed by atoms with Crippen molar-refractivity contribution in [3.05, 3.63) is 34.9 Å². The van der Waals surface area contributed by atoms with Crippen molar-refractivity contribution < 1.29 is 4.79 Å². The molecule has 1 aromatic carbocycles. The van der Waals surface area contributed by atoms with E-state index >= 15 is 0 Å². The monoisotopic (exact) mass is 219 g/mol. The highest BCUT2D eigenvalue weighted by Crippen LogP contribution is 2.27. The van der Waals surface area contributed by atoms with Crippen LogP contribution in [0.15, 0.2) is 18.2 Å². The summed E-state index contributed by atoms with van der Waals surface area (Å²) in [6.07, 6.45) is 0.774. The maximum absolute atomic E-state index is 12.4. The summed E-state index contributed by atoms with van der Waals surface area (Å²) in [6, 6.07) is 5.98. The lowest BCUT2D eigenvalue weighted by Crippen LogP contribution is -2.35. The molecule has 0 spiro atoms. The zero-order chi connectivity index (χ0) is 12.3. The highest BCUT2D eigenvalue weighted by Gasteiger charge is 2.31. The number of nitrogens with two attached hydrogens (primary N) is 1. The molecule has 0 fully saturated rings. The molecule has 0 heterocycles. The molecule has 0 aromatic heterocycles. The Balaban J connectivity index is 3.18. The first-order chi connectivity index (χ1) is 7.44. The molecule has 0 bridgehead atoms. The van der Waals surface area contributed by atoms with Gasteiger partial charge in [-0.1, -0.05) is 31.5 Å². The van der Waals surface area contributed by atoms with Crippen molar-refractivity contribution in [3.63, 3.8) is 0 Å². The molecule has 1 unspecified atom stereocenters. The predicted octanol–water partition coefficient (Wildman–Crippen LogP) is 2.86. The summed E-state index contributed by atoms with van der Waals surface area (Å²) >= 11 is 0. The molecule has 0 radical (unpaired) electrons. The van der Waals surface area contributed by atoms with Crippen molar-refractivity contribution in [1.82, 2.24) is 0 Å². The van der Waals surface area contributed by atoms with Crippen LogP contribution >= 0.6 is 0 Å². The van der Waals surface area contributed by atoms with E-state index in [0.29, 0.717) is 6.54 Å². The number of hydrogen-bond acceptors (Lipinski definition) is 2. The van der Waals surface area contributed by atoms with Crippen LogP contribution in [0.25, 0.3) is 0 Å². The summed E-state index contributed by atoms with van der Waals surface area (Å²) in [5.41, 5.74) is 8.25. The molecule has 1 rings (SSSR count). The van der Waals surface area contributed by atoms with Gasteiger partial charge in [0.15, 0.2) is 5.78 Å². The number of carbonyl (C=O) groups excluding carboxylic acids is 1. The first-order valence-electron chi connectivity index (χ1n) is 5.76. The number of aryl methyl sites for hydroxylation is 2. The fourth-order valence-electron chi connectivity index (χ4n) is 1.70. The van der Waals surface area contributed by atoms with Crippen LogP contribution in [-0.4, -0.2) is 12.3 Å². The molecular weight excluding hydrogens is 198 g/mol. The standard InChI is InChI=1S/C14H21NO/c1-5-14(4,9-15)13(16)12-8-10(2)6-7-11(12)3/h6-8H,5,9,15H2,1-4H3. The molecule has 1 atom stereocenters. The van der Waals surface area contributed by atoms with E-state index in [9.17, 15) is 4.79 Å². The average molecular weight is 219 g/mol. The van der Waals surface area contributed by atoms with Gasteiger partial charge in [-0.3, -0.25) is 4.79 Å². The first-order valence-corrected chi connectivity index (χ1v) is 5.76. The lowest BCUT2D eigenvalue weighted by molar-refractivity contribution is 0.0819. The number of hydrogen-bond donors (Lipinski definition) is 1. The predicted molar refractivity (Wildman–Crippen MR) is 67.7 cm³/mol. The minimum absolute atomic E-state index is 0.165. The third-order valence-electron chi connectivity index (χ3n) is 3.42. The molecule has 0 aliphatic rings. The summed E-state index contributed by atoms with van der Waals surface area (Å²) in [4.78, 5) is 12.4. The summed E-state index contributed by atoms with van der Waals surface area (Å²) in [6.45, 7) is 8.32. The van der Waals surface area contributed by atoms with Gasteiger partial charge in [-0.15, -0.1) is 0 Å². The van der Waals surface area contributed by atoms with Gasteiger partial charge in [0.05, 0.1) is 0 Å². The van der Waals surface area contributed by atoms with Gasteiger partial charge in [0.1, 0.15) is 0 Å². The fourth-order valence-corrected chi connectivity index (χ4v) is 1.70. The van der Waals surface area contributed by atoms with Crippen LogP contribution in [0, 0.1) is 19.3 Å². The Morgan fingerprint density at radius 1 is 1.38 bits per heavy atom. The van der Waals surface area contributed by atoms with Crippen LogP contribution < -0.4 is 5.73 Å². The summed E-state index contributed by atoms with van der Waals surface area (Å²) in [5, 5.41) is 0. The van der Waals surface area contributed by atoms with Crippen LogP contribution in [0.1, 0.15) is 41.8 Å². The topological polar surface area (TPSA) is 43.1 Å². The quantitative estimate of drug-likeness (QED) is 0.791. The minimum atomic E-state index is -0.432. The van der Waals surface area contributed by atoms with Gasteiger partial charge in [0.2, 0.25) is 0 Å². The highest BCUT2D eigenvalue weighted by atomic mass is 16.1. The van der Waals surface area contributed by atoms with Gasteiger partial charge in [0, 0.05) is 17.5 Å². The van der Waals surface area contributed by atoms with E-state index in [0.717, 1.165) is 23.1 Å². The molecule has 2 nitrogen and oxygen atoms in total. The average Bonchev–Trinajstić information content (AvgIpc) is 2.30. The molecule has 0 aliphatic heterocycles. The van der Waals surface area contributed by atoms with Crippen LogP contribution in [0.2, 0.25) is 0 Å². The van der Waals surface area contributed by atoms with Gasteiger partial charge < -0.3 is 5.73 Å². The van der Waals surface area contributed by atoms with Crippen LogP contribution in [-0.2, 0) is 0 Å². The van der Waals surface area contributed by atoms with Gasteiger partial charge >= 0.3 is 0 Å². The third-order valence-corrected chi connectivity index (χ3v) is 3.42. The number of rotatable bonds is 4. The molecule has 2 heteroatoms. The van der Waals surface area contributed by atoms with Crippen molar-refractivity contribution in [1.29, 1.82) is 0 Å². The fraction of sp³-hybridized carbons (Fsp3) is 0.500. The Hall–Kier alpha value is -1.15. The Morgan fingerprint density at radius 3 is 2.50 bits per heavy atom. The van der Waals surface area contributed by atoms with Crippen molar-refractivity contribution in [2.24, 2.45) is 11.1 Å². The zero-order valence-electron chi connectivity index (χ0n) is 10.6. The maximum Gasteiger partial charge on any atom is 0.170 e. The maximum atomic E-state index is 12.4. The van der Waals surface area contributed by atoms with Crippen molar-refractivity contribution in [2.45, 2.75) is 34.1 Å². The van der Waals surface area contributed by atoms with E-state index < -0.39 is 5.41 Å². The van der Waals surface area contributed by atoms with Gasteiger partial charge in [-0.2, -0.15) is 0 Å². The van der Waals surface area contributed by atoms with Crippen molar-refractivity contribution in [3.8, 4) is 0 Å². The second-order valence-electron chi connectivity index (χ2n) is 4.77. The van der Waals surface area contributed by atoms with E-state index in [1.165, 1.54) is 0 Å². The smallest absolute Gasteiger partial charge is 0.170 e. The Bertz CT molecular complexity index is 392. The Labute approximate surface area is 97.9 Å². The van der Waals surface area contributed by atoms with Crippen LogP contribution in [0.5, 0.6) is 0 Å². The van der Waals surface area contributed by atoms with E-state index in [-0.39, 0.29) is 5.78 Å². The summed E-state index contributed by atoms with van der Waals surface area (Å²) in [7, 11) is 0. The Kier molecular flexibility index (Phi) is 3.87. The van der Waals surface area contributed by atoms with E-state index in [1.807, 2.05) is 45.9 Å². The first kappa shape index (κ1) is 12.9. The lowest BCUT2D eigenvalue weighted by atomic mass is 9.78. The van der Waals surface area contributed by atoms with Crippen LogP contribution in [0.4, 0.5) is 0 Å².